The maximum Gasteiger partial charge on any atom is 0.101 e. The van der Waals surface area contributed by atoms with E-state index < -0.39 is 0 Å². The number of rotatable bonds is 2. The zero-order valence-electron chi connectivity index (χ0n) is 11.5. The molecule has 1 aliphatic heterocycles. The summed E-state index contributed by atoms with van der Waals surface area (Å²) in [6, 6.07) is 11.8. The molecule has 0 radical (unpaired) electrons. The predicted molar refractivity (Wildman–Crippen MR) is 84.8 cm³/mol. The number of hydrogen-bond acceptors (Lipinski definition) is 4. The van der Waals surface area contributed by atoms with Gasteiger partial charge in [-0.25, -0.2) is 0 Å². The number of halogens is 1. The van der Waals surface area contributed by atoms with Gasteiger partial charge in [-0.1, -0.05) is 11.6 Å². The SMILES string of the molecule is N#Cc1cc(Cl)ccc1N1CCN(c2ccncc2)CC1. The van der Waals surface area contributed by atoms with E-state index in [0.29, 0.717) is 10.6 Å². The van der Waals surface area contributed by atoms with Crippen LogP contribution in [0.1, 0.15) is 5.56 Å². The fraction of sp³-hybridized carbons (Fsp3) is 0.250. The fourth-order valence-corrected chi connectivity index (χ4v) is 2.81. The van der Waals surface area contributed by atoms with Crippen LogP contribution in [0.2, 0.25) is 5.02 Å². The minimum Gasteiger partial charge on any atom is -0.368 e. The molecule has 1 fully saturated rings. The average molecular weight is 299 g/mol. The van der Waals surface area contributed by atoms with E-state index >= 15 is 0 Å². The number of benzene rings is 1. The number of nitrogens with zero attached hydrogens (tertiary/aromatic N) is 4. The van der Waals surface area contributed by atoms with Gasteiger partial charge in [-0.05, 0) is 30.3 Å². The van der Waals surface area contributed by atoms with Crippen LogP contribution in [-0.2, 0) is 0 Å². The fourth-order valence-electron chi connectivity index (χ4n) is 2.63. The summed E-state index contributed by atoms with van der Waals surface area (Å²) in [4.78, 5) is 8.62. The molecule has 106 valence electrons. The smallest absolute Gasteiger partial charge is 0.101 e. The van der Waals surface area contributed by atoms with Crippen LogP contribution in [0.3, 0.4) is 0 Å². The number of pyridine rings is 1. The molecule has 4 nitrogen and oxygen atoms in total. The molecule has 21 heavy (non-hydrogen) atoms. The molecule has 5 heteroatoms. The van der Waals surface area contributed by atoms with E-state index in [2.05, 4.69) is 20.9 Å². The molecule has 1 aromatic carbocycles. The Labute approximate surface area is 129 Å². The Morgan fingerprint density at radius 1 is 1.00 bits per heavy atom. The minimum absolute atomic E-state index is 0.603. The Kier molecular flexibility index (Phi) is 3.94. The van der Waals surface area contributed by atoms with E-state index in [1.165, 1.54) is 5.69 Å². The summed E-state index contributed by atoms with van der Waals surface area (Å²) < 4.78 is 0. The largest absolute Gasteiger partial charge is 0.368 e. The molecule has 0 atom stereocenters. The first-order valence-corrected chi connectivity index (χ1v) is 7.25. The molecule has 0 saturated carbocycles. The lowest BCUT2D eigenvalue weighted by atomic mass is 10.1. The molecule has 2 heterocycles. The zero-order valence-corrected chi connectivity index (χ0v) is 12.3. The Morgan fingerprint density at radius 2 is 1.67 bits per heavy atom. The van der Waals surface area contributed by atoms with E-state index in [4.69, 9.17) is 11.6 Å². The van der Waals surface area contributed by atoms with Crippen molar-refractivity contribution in [2.24, 2.45) is 0 Å². The maximum absolute atomic E-state index is 9.25. The molecule has 2 aromatic rings. The highest BCUT2D eigenvalue weighted by Crippen LogP contribution is 2.25. The number of piperazine rings is 1. The van der Waals surface area contributed by atoms with Crippen LogP contribution >= 0.6 is 11.6 Å². The Balaban J connectivity index is 1.73. The second-order valence-corrected chi connectivity index (χ2v) is 5.39. The summed E-state index contributed by atoms with van der Waals surface area (Å²) in [5.74, 6) is 0. The van der Waals surface area contributed by atoms with Crippen LogP contribution in [0.15, 0.2) is 42.7 Å². The quantitative estimate of drug-likeness (QED) is 0.855. The molecule has 0 aliphatic carbocycles. The maximum atomic E-state index is 9.25. The third-order valence-corrected chi connectivity index (χ3v) is 3.96. The van der Waals surface area contributed by atoms with Crippen molar-refractivity contribution in [2.45, 2.75) is 0 Å². The van der Waals surface area contributed by atoms with Crippen molar-refractivity contribution < 1.29 is 0 Å². The van der Waals surface area contributed by atoms with Crippen LogP contribution in [0.4, 0.5) is 11.4 Å². The predicted octanol–water partition coefficient (Wildman–Crippen LogP) is 2.93. The van der Waals surface area contributed by atoms with Crippen molar-refractivity contribution in [3.63, 3.8) is 0 Å². The Morgan fingerprint density at radius 3 is 2.33 bits per heavy atom. The second kappa shape index (κ2) is 6.02. The topological polar surface area (TPSA) is 43.2 Å². The minimum atomic E-state index is 0.603. The first kappa shape index (κ1) is 13.7. The lowest BCUT2D eigenvalue weighted by Crippen LogP contribution is -2.46. The molecule has 1 aliphatic rings. The van der Waals surface area contributed by atoms with Gasteiger partial charge >= 0.3 is 0 Å². The molecule has 0 spiro atoms. The average Bonchev–Trinajstić information content (AvgIpc) is 2.56. The molecule has 0 amide bonds. The molecule has 1 saturated heterocycles. The van der Waals surface area contributed by atoms with E-state index in [0.717, 1.165) is 31.9 Å². The lowest BCUT2D eigenvalue weighted by molar-refractivity contribution is 0.653. The van der Waals surface area contributed by atoms with Gasteiger partial charge in [-0.3, -0.25) is 4.98 Å². The van der Waals surface area contributed by atoms with Gasteiger partial charge in [0, 0.05) is 49.3 Å². The first-order chi connectivity index (χ1) is 10.3. The van der Waals surface area contributed by atoms with E-state index in [1.54, 1.807) is 6.07 Å². The van der Waals surface area contributed by atoms with Crippen LogP contribution in [0.25, 0.3) is 0 Å². The van der Waals surface area contributed by atoms with Gasteiger partial charge in [-0.15, -0.1) is 0 Å². The normalized spacial score (nSPS) is 14.9. The van der Waals surface area contributed by atoms with E-state index in [9.17, 15) is 5.26 Å². The van der Waals surface area contributed by atoms with Crippen molar-refractivity contribution in [3.05, 3.63) is 53.3 Å². The highest BCUT2D eigenvalue weighted by Gasteiger charge is 2.19. The van der Waals surface area contributed by atoms with E-state index in [-0.39, 0.29) is 0 Å². The van der Waals surface area contributed by atoms with Gasteiger partial charge in [0.15, 0.2) is 0 Å². The number of anilines is 2. The van der Waals surface area contributed by atoms with Gasteiger partial charge in [0.1, 0.15) is 6.07 Å². The van der Waals surface area contributed by atoms with Crippen LogP contribution in [-0.4, -0.2) is 31.2 Å². The monoisotopic (exact) mass is 298 g/mol. The molecule has 1 aromatic heterocycles. The van der Waals surface area contributed by atoms with Crippen molar-refractivity contribution in [3.8, 4) is 6.07 Å². The van der Waals surface area contributed by atoms with Gasteiger partial charge < -0.3 is 9.80 Å². The summed E-state index contributed by atoms with van der Waals surface area (Å²) in [5, 5.41) is 9.85. The van der Waals surface area contributed by atoms with Crippen LogP contribution < -0.4 is 9.80 Å². The van der Waals surface area contributed by atoms with Crippen molar-refractivity contribution >= 4 is 23.0 Å². The Bertz CT molecular complexity index is 658. The summed E-state index contributed by atoms with van der Waals surface area (Å²) >= 11 is 5.95. The molecule has 0 unspecified atom stereocenters. The molecule has 0 N–H and O–H groups in total. The summed E-state index contributed by atoms with van der Waals surface area (Å²) in [5.41, 5.74) is 2.80. The van der Waals surface area contributed by atoms with Crippen molar-refractivity contribution in [1.82, 2.24) is 4.98 Å². The van der Waals surface area contributed by atoms with E-state index in [1.807, 2.05) is 36.7 Å². The second-order valence-electron chi connectivity index (χ2n) is 4.95. The number of nitriles is 1. The standard InChI is InChI=1S/C16H15ClN4/c17-14-1-2-16(13(11-14)12-18)21-9-7-20(8-10-21)15-3-5-19-6-4-15/h1-6,11H,7-10H2. The summed E-state index contributed by atoms with van der Waals surface area (Å²) in [6.45, 7) is 3.63. The molecule has 3 rings (SSSR count). The van der Waals surface area contributed by atoms with Gasteiger partial charge in [0.2, 0.25) is 0 Å². The molecular weight excluding hydrogens is 284 g/mol. The first-order valence-electron chi connectivity index (χ1n) is 6.87. The number of hydrogen-bond donors (Lipinski definition) is 0. The van der Waals surface area contributed by atoms with Gasteiger partial charge in [-0.2, -0.15) is 5.26 Å². The Hall–Kier alpha value is -2.25. The zero-order chi connectivity index (χ0) is 14.7. The van der Waals surface area contributed by atoms with Gasteiger partial charge in [0.25, 0.3) is 0 Å². The third kappa shape index (κ3) is 2.93. The highest BCUT2D eigenvalue weighted by atomic mass is 35.5. The van der Waals surface area contributed by atoms with Crippen LogP contribution in [0.5, 0.6) is 0 Å². The summed E-state index contributed by atoms with van der Waals surface area (Å²) in [6.07, 6.45) is 3.63. The van der Waals surface area contributed by atoms with Crippen molar-refractivity contribution in [2.75, 3.05) is 36.0 Å². The van der Waals surface area contributed by atoms with Crippen molar-refractivity contribution in [1.29, 1.82) is 5.26 Å². The third-order valence-electron chi connectivity index (χ3n) is 3.73. The number of aromatic nitrogens is 1. The van der Waals surface area contributed by atoms with Crippen LogP contribution in [0, 0.1) is 11.3 Å². The van der Waals surface area contributed by atoms with Gasteiger partial charge in [0.05, 0.1) is 11.3 Å². The molecule has 0 bridgehead atoms. The highest BCUT2D eigenvalue weighted by molar-refractivity contribution is 6.30. The summed E-state index contributed by atoms with van der Waals surface area (Å²) in [7, 11) is 0. The molecular formula is C16H15ClN4. The lowest BCUT2D eigenvalue weighted by Gasteiger charge is -2.37.